The molecule has 0 spiro atoms. The minimum absolute atomic E-state index is 0.184. The fraction of sp³-hybridized carbons (Fsp3) is 0.222. The molecule has 0 saturated heterocycles. The largest absolute Gasteiger partial charge is 0.303 e. The number of hydrogen-bond acceptors (Lipinski definition) is 1. The Labute approximate surface area is 95.2 Å². The van der Waals surface area contributed by atoms with E-state index in [9.17, 15) is 4.79 Å². The van der Waals surface area contributed by atoms with Crippen LogP contribution in [-0.4, -0.2) is 11.6 Å². The Kier molecular flexibility index (Phi) is 4.23. The van der Waals surface area contributed by atoms with Gasteiger partial charge in [-0.1, -0.05) is 39.1 Å². The summed E-state index contributed by atoms with van der Waals surface area (Å²) in [4.78, 5) is 10.6. The van der Waals surface area contributed by atoms with Crippen LogP contribution in [0.2, 0.25) is 10.0 Å². The molecule has 0 aliphatic carbocycles. The van der Waals surface area contributed by atoms with Crippen molar-refractivity contribution in [3.63, 3.8) is 0 Å². The molecule has 0 aliphatic rings. The molecule has 0 radical (unpaired) electrons. The van der Waals surface area contributed by atoms with E-state index in [0.29, 0.717) is 15.4 Å². The van der Waals surface area contributed by atoms with Gasteiger partial charge in [0.15, 0.2) is 0 Å². The van der Waals surface area contributed by atoms with Crippen molar-refractivity contribution in [2.24, 2.45) is 0 Å². The van der Waals surface area contributed by atoms with E-state index >= 15 is 0 Å². The van der Waals surface area contributed by atoms with Crippen LogP contribution >= 0.6 is 39.1 Å². The maximum Gasteiger partial charge on any atom is 0.128 e. The third-order valence-corrected chi connectivity index (χ3v) is 2.78. The lowest BCUT2D eigenvalue weighted by Crippen LogP contribution is -2.01. The quantitative estimate of drug-likeness (QED) is 0.610. The fourth-order valence-corrected chi connectivity index (χ4v) is 2.06. The third kappa shape index (κ3) is 2.97. The summed E-state index contributed by atoms with van der Waals surface area (Å²) >= 11 is 14.8. The van der Waals surface area contributed by atoms with E-state index in [1.165, 1.54) is 0 Å². The van der Waals surface area contributed by atoms with E-state index in [-0.39, 0.29) is 5.92 Å². The molecule has 1 aromatic rings. The SMILES string of the molecule is O=CC(CBr)c1cc(Cl)cc(Cl)c1. The molecule has 1 nitrogen and oxygen atoms in total. The molecule has 70 valence electrons. The highest BCUT2D eigenvalue weighted by Gasteiger charge is 2.09. The zero-order chi connectivity index (χ0) is 9.84. The van der Waals surface area contributed by atoms with Gasteiger partial charge in [0.1, 0.15) is 6.29 Å². The summed E-state index contributed by atoms with van der Waals surface area (Å²) in [5.74, 6) is -0.184. The Bertz CT molecular complexity index is 294. The molecule has 0 heterocycles. The Morgan fingerprint density at radius 1 is 1.31 bits per heavy atom. The van der Waals surface area contributed by atoms with Gasteiger partial charge < -0.3 is 4.79 Å². The number of rotatable bonds is 3. The van der Waals surface area contributed by atoms with Gasteiger partial charge in [0.25, 0.3) is 0 Å². The third-order valence-electron chi connectivity index (χ3n) is 1.64. The lowest BCUT2D eigenvalue weighted by atomic mass is 10.0. The summed E-state index contributed by atoms with van der Waals surface area (Å²) in [6, 6.07) is 5.13. The summed E-state index contributed by atoms with van der Waals surface area (Å²) in [5, 5.41) is 1.68. The highest BCUT2D eigenvalue weighted by Crippen LogP contribution is 2.24. The van der Waals surface area contributed by atoms with Crippen LogP contribution in [0.15, 0.2) is 18.2 Å². The highest BCUT2D eigenvalue weighted by atomic mass is 79.9. The number of carbonyl (C=O) groups excluding carboxylic acids is 1. The smallest absolute Gasteiger partial charge is 0.128 e. The first-order valence-electron chi connectivity index (χ1n) is 3.64. The number of benzene rings is 1. The van der Waals surface area contributed by atoms with Gasteiger partial charge in [0, 0.05) is 21.3 Å². The monoisotopic (exact) mass is 280 g/mol. The Morgan fingerprint density at radius 3 is 2.23 bits per heavy atom. The number of hydrogen-bond donors (Lipinski definition) is 0. The number of halogens is 3. The summed E-state index contributed by atoms with van der Waals surface area (Å²) in [7, 11) is 0. The molecule has 13 heavy (non-hydrogen) atoms. The first-order chi connectivity index (χ1) is 6.17. The van der Waals surface area contributed by atoms with Crippen molar-refractivity contribution in [2.45, 2.75) is 5.92 Å². The molecule has 0 saturated carbocycles. The second-order valence-electron chi connectivity index (χ2n) is 2.60. The summed E-state index contributed by atoms with van der Waals surface area (Å²) in [6.45, 7) is 0. The maximum atomic E-state index is 10.6. The molecule has 0 amide bonds. The second-order valence-corrected chi connectivity index (χ2v) is 4.12. The second kappa shape index (κ2) is 4.99. The number of aldehydes is 1. The van der Waals surface area contributed by atoms with Crippen LogP contribution in [0.1, 0.15) is 11.5 Å². The molecule has 0 aliphatic heterocycles. The van der Waals surface area contributed by atoms with Crippen LogP contribution in [-0.2, 0) is 4.79 Å². The number of alkyl halides is 1. The van der Waals surface area contributed by atoms with Crippen LogP contribution in [0.5, 0.6) is 0 Å². The van der Waals surface area contributed by atoms with Gasteiger partial charge >= 0.3 is 0 Å². The van der Waals surface area contributed by atoms with Crippen molar-refractivity contribution in [1.29, 1.82) is 0 Å². The van der Waals surface area contributed by atoms with Crippen molar-refractivity contribution in [3.05, 3.63) is 33.8 Å². The van der Waals surface area contributed by atoms with Gasteiger partial charge in [-0.25, -0.2) is 0 Å². The lowest BCUT2D eigenvalue weighted by Gasteiger charge is -2.07. The average molecular weight is 282 g/mol. The molecule has 1 rings (SSSR count). The molecule has 0 fully saturated rings. The molecular weight excluding hydrogens is 275 g/mol. The van der Waals surface area contributed by atoms with Gasteiger partial charge in [-0.05, 0) is 23.8 Å². The van der Waals surface area contributed by atoms with E-state index < -0.39 is 0 Å². The van der Waals surface area contributed by atoms with E-state index in [0.717, 1.165) is 11.8 Å². The van der Waals surface area contributed by atoms with Gasteiger partial charge in [0.05, 0.1) is 0 Å². The molecular formula is C9H7BrCl2O. The first kappa shape index (κ1) is 11.0. The topological polar surface area (TPSA) is 17.1 Å². The predicted octanol–water partition coefficient (Wildman–Crippen LogP) is 3.67. The van der Waals surface area contributed by atoms with Crippen molar-refractivity contribution in [1.82, 2.24) is 0 Å². The molecule has 0 aromatic heterocycles. The van der Waals surface area contributed by atoms with Crippen molar-refractivity contribution >= 4 is 45.4 Å². The van der Waals surface area contributed by atoms with E-state index in [2.05, 4.69) is 15.9 Å². The fourth-order valence-electron chi connectivity index (χ4n) is 0.993. The molecule has 0 bridgehead atoms. The molecule has 0 N–H and O–H groups in total. The Balaban J connectivity index is 3.05. The first-order valence-corrected chi connectivity index (χ1v) is 5.52. The minimum atomic E-state index is -0.184. The van der Waals surface area contributed by atoms with E-state index in [4.69, 9.17) is 23.2 Å². The van der Waals surface area contributed by atoms with Crippen molar-refractivity contribution in [3.8, 4) is 0 Å². The number of carbonyl (C=O) groups is 1. The van der Waals surface area contributed by atoms with Crippen LogP contribution < -0.4 is 0 Å². The van der Waals surface area contributed by atoms with Crippen LogP contribution in [0.4, 0.5) is 0 Å². The minimum Gasteiger partial charge on any atom is -0.303 e. The highest BCUT2D eigenvalue weighted by molar-refractivity contribution is 9.09. The maximum absolute atomic E-state index is 10.6. The lowest BCUT2D eigenvalue weighted by molar-refractivity contribution is -0.108. The predicted molar refractivity (Wildman–Crippen MR) is 59.1 cm³/mol. The van der Waals surface area contributed by atoms with Gasteiger partial charge in [0.2, 0.25) is 0 Å². The standard InChI is InChI=1S/C9H7BrCl2O/c10-4-7(5-13)6-1-8(11)3-9(12)2-6/h1-3,5,7H,4H2. The van der Waals surface area contributed by atoms with Crippen LogP contribution in [0, 0.1) is 0 Å². The van der Waals surface area contributed by atoms with Crippen molar-refractivity contribution in [2.75, 3.05) is 5.33 Å². The van der Waals surface area contributed by atoms with E-state index in [1.807, 2.05) is 0 Å². The zero-order valence-corrected chi connectivity index (χ0v) is 9.73. The molecule has 1 unspecified atom stereocenters. The van der Waals surface area contributed by atoms with Crippen molar-refractivity contribution < 1.29 is 4.79 Å². The van der Waals surface area contributed by atoms with Gasteiger partial charge in [-0.15, -0.1) is 0 Å². The normalized spacial score (nSPS) is 12.5. The average Bonchev–Trinajstić information content (AvgIpc) is 2.04. The molecule has 1 aromatic carbocycles. The zero-order valence-electron chi connectivity index (χ0n) is 6.64. The van der Waals surface area contributed by atoms with E-state index in [1.54, 1.807) is 18.2 Å². The van der Waals surface area contributed by atoms with Crippen LogP contribution in [0.25, 0.3) is 0 Å². The molecule has 1 atom stereocenters. The van der Waals surface area contributed by atoms with Gasteiger partial charge in [-0.2, -0.15) is 0 Å². The summed E-state index contributed by atoms with van der Waals surface area (Å²) in [6.07, 6.45) is 0.872. The Hall–Kier alpha value is -0.0500. The van der Waals surface area contributed by atoms with Crippen LogP contribution in [0.3, 0.4) is 0 Å². The summed E-state index contributed by atoms with van der Waals surface area (Å²) in [5.41, 5.74) is 0.837. The molecule has 4 heteroatoms. The Morgan fingerprint density at radius 2 is 1.85 bits per heavy atom. The summed E-state index contributed by atoms with van der Waals surface area (Å²) < 4.78 is 0. The van der Waals surface area contributed by atoms with Gasteiger partial charge in [-0.3, -0.25) is 0 Å².